The standard InChI is InChI=1S/C19H22N2O5S2/c1-13(19(22)20-14-5-4-6-16(11-14)27-2)21(28(3,23)24)15-7-8-17-18(12-15)26-10-9-25-17/h4-8,11-13H,9-10H2,1-3H3,(H,20,22). The number of benzene rings is 2. The second kappa shape index (κ2) is 8.32. The van der Waals surface area contributed by atoms with E-state index in [0.717, 1.165) is 15.5 Å². The minimum atomic E-state index is -3.72. The number of ether oxygens (including phenoxy) is 2. The molecule has 1 amide bonds. The lowest BCUT2D eigenvalue weighted by molar-refractivity contribution is -0.116. The summed E-state index contributed by atoms with van der Waals surface area (Å²) in [5.74, 6) is 0.575. The van der Waals surface area contributed by atoms with Crippen LogP contribution in [-0.2, 0) is 14.8 Å². The minimum absolute atomic E-state index is 0.340. The highest BCUT2D eigenvalue weighted by Gasteiger charge is 2.30. The molecule has 0 fully saturated rings. The van der Waals surface area contributed by atoms with Gasteiger partial charge in [0.1, 0.15) is 19.3 Å². The molecule has 1 N–H and O–H groups in total. The largest absolute Gasteiger partial charge is 0.486 e. The fourth-order valence-electron chi connectivity index (χ4n) is 2.93. The first-order chi connectivity index (χ1) is 13.3. The van der Waals surface area contributed by atoms with Crippen molar-refractivity contribution >= 4 is 39.1 Å². The van der Waals surface area contributed by atoms with Gasteiger partial charge in [-0.15, -0.1) is 11.8 Å². The zero-order chi connectivity index (χ0) is 20.3. The molecule has 0 aromatic heterocycles. The van der Waals surface area contributed by atoms with E-state index in [1.165, 1.54) is 0 Å². The molecule has 9 heteroatoms. The van der Waals surface area contributed by atoms with Crippen LogP contribution in [0.2, 0.25) is 0 Å². The third-order valence-corrected chi connectivity index (χ3v) is 6.17. The topological polar surface area (TPSA) is 84.9 Å². The quantitative estimate of drug-likeness (QED) is 0.721. The predicted octanol–water partition coefficient (Wildman–Crippen LogP) is 2.97. The van der Waals surface area contributed by atoms with Gasteiger partial charge in [-0.05, 0) is 43.5 Å². The second-order valence-electron chi connectivity index (χ2n) is 6.28. The highest BCUT2D eigenvalue weighted by atomic mass is 32.2. The van der Waals surface area contributed by atoms with Crippen molar-refractivity contribution in [3.05, 3.63) is 42.5 Å². The summed E-state index contributed by atoms with van der Waals surface area (Å²) in [6.07, 6.45) is 3.01. The van der Waals surface area contributed by atoms with Crippen LogP contribution in [0.1, 0.15) is 6.92 Å². The summed E-state index contributed by atoms with van der Waals surface area (Å²) < 4.78 is 37.0. The molecule has 1 aliphatic rings. The third-order valence-electron chi connectivity index (χ3n) is 4.21. The van der Waals surface area contributed by atoms with E-state index in [1.807, 2.05) is 24.5 Å². The van der Waals surface area contributed by atoms with Gasteiger partial charge in [0, 0.05) is 16.6 Å². The second-order valence-corrected chi connectivity index (χ2v) is 9.02. The van der Waals surface area contributed by atoms with E-state index in [9.17, 15) is 13.2 Å². The Morgan fingerprint density at radius 2 is 1.86 bits per heavy atom. The smallest absolute Gasteiger partial charge is 0.247 e. The van der Waals surface area contributed by atoms with Crippen molar-refractivity contribution < 1.29 is 22.7 Å². The van der Waals surface area contributed by atoms with E-state index in [-0.39, 0.29) is 0 Å². The van der Waals surface area contributed by atoms with Crippen LogP contribution in [0.25, 0.3) is 0 Å². The molecule has 0 bridgehead atoms. The predicted molar refractivity (Wildman–Crippen MR) is 111 cm³/mol. The summed E-state index contributed by atoms with van der Waals surface area (Å²) in [6, 6.07) is 11.2. The first-order valence-corrected chi connectivity index (χ1v) is 11.7. The lowest BCUT2D eigenvalue weighted by atomic mass is 10.2. The summed E-state index contributed by atoms with van der Waals surface area (Å²) in [4.78, 5) is 13.8. The Hall–Kier alpha value is -2.39. The molecule has 0 saturated carbocycles. The number of hydrogen-bond donors (Lipinski definition) is 1. The number of nitrogens with zero attached hydrogens (tertiary/aromatic N) is 1. The molecular formula is C19H22N2O5S2. The van der Waals surface area contributed by atoms with E-state index in [0.29, 0.717) is 36.1 Å². The van der Waals surface area contributed by atoms with E-state index in [4.69, 9.17) is 9.47 Å². The lowest BCUT2D eigenvalue weighted by Crippen LogP contribution is -2.45. The van der Waals surface area contributed by atoms with Crippen LogP contribution in [0.4, 0.5) is 11.4 Å². The van der Waals surface area contributed by atoms with Crippen molar-refractivity contribution in [2.45, 2.75) is 17.9 Å². The number of carbonyl (C=O) groups is 1. The number of carbonyl (C=O) groups excluding carboxylic acids is 1. The van der Waals surface area contributed by atoms with Gasteiger partial charge in [0.05, 0.1) is 11.9 Å². The van der Waals surface area contributed by atoms with Crippen molar-refractivity contribution in [2.75, 3.05) is 35.3 Å². The van der Waals surface area contributed by atoms with Gasteiger partial charge in [-0.3, -0.25) is 9.10 Å². The zero-order valence-electron chi connectivity index (χ0n) is 15.8. The maximum absolute atomic E-state index is 12.8. The fraction of sp³-hybridized carbons (Fsp3) is 0.316. The van der Waals surface area contributed by atoms with Gasteiger partial charge in [-0.1, -0.05) is 6.07 Å². The normalized spacial score (nSPS) is 14.2. The van der Waals surface area contributed by atoms with Gasteiger partial charge < -0.3 is 14.8 Å². The summed E-state index contributed by atoms with van der Waals surface area (Å²) in [5.41, 5.74) is 0.951. The van der Waals surface area contributed by atoms with Crippen LogP contribution in [0, 0.1) is 0 Å². The number of anilines is 2. The van der Waals surface area contributed by atoms with Crippen LogP contribution in [0.3, 0.4) is 0 Å². The van der Waals surface area contributed by atoms with Crippen molar-refractivity contribution in [1.29, 1.82) is 0 Å². The Labute approximate surface area is 169 Å². The number of fused-ring (bicyclic) bond motifs is 1. The van der Waals surface area contributed by atoms with Crippen molar-refractivity contribution in [3.8, 4) is 11.5 Å². The molecule has 1 atom stereocenters. The van der Waals surface area contributed by atoms with Crippen molar-refractivity contribution in [2.24, 2.45) is 0 Å². The number of sulfonamides is 1. The zero-order valence-corrected chi connectivity index (χ0v) is 17.5. The van der Waals surface area contributed by atoms with E-state index in [1.54, 1.807) is 43.0 Å². The summed E-state index contributed by atoms with van der Waals surface area (Å²) in [5, 5.41) is 2.79. The lowest BCUT2D eigenvalue weighted by Gasteiger charge is -2.29. The molecule has 7 nitrogen and oxygen atoms in total. The van der Waals surface area contributed by atoms with Gasteiger partial charge in [0.25, 0.3) is 0 Å². The maximum Gasteiger partial charge on any atom is 0.247 e. The monoisotopic (exact) mass is 422 g/mol. The fourth-order valence-corrected chi connectivity index (χ4v) is 4.55. The van der Waals surface area contributed by atoms with Crippen LogP contribution in [-0.4, -0.2) is 46.1 Å². The number of amides is 1. The minimum Gasteiger partial charge on any atom is -0.486 e. The first kappa shape index (κ1) is 20.3. The Bertz CT molecular complexity index is 978. The molecule has 1 aliphatic heterocycles. The van der Waals surface area contributed by atoms with Crippen molar-refractivity contribution in [3.63, 3.8) is 0 Å². The molecule has 1 unspecified atom stereocenters. The average Bonchev–Trinajstić information content (AvgIpc) is 2.67. The Kier molecular flexibility index (Phi) is 6.04. The number of rotatable bonds is 6. The van der Waals surface area contributed by atoms with E-state index in [2.05, 4.69) is 5.32 Å². The Balaban J connectivity index is 1.88. The molecule has 0 spiro atoms. The van der Waals surface area contributed by atoms with E-state index < -0.39 is 22.0 Å². The molecule has 0 radical (unpaired) electrons. The molecule has 150 valence electrons. The highest BCUT2D eigenvalue weighted by molar-refractivity contribution is 7.98. The van der Waals surface area contributed by atoms with Gasteiger partial charge in [0.15, 0.2) is 11.5 Å². The number of hydrogen-bond acceptors (Lipinski definition) is 6. The molecule has 3 rings (SSSR count). The van der Waals surface area contributed by atoms with Crippen LogP contribution in [0.5, 0.6) is 11.5 Å². The molecule has 0 saturated heterocycles. The summed E-state index contributed by atoms with van der Waals surface area (Å²) >= 11 is 1.56. The average molecular weight is 423 g/mol. The molecule has 2 aromatic carbocycles. The molecule has 2 aromatic rings. The molecule has 28 heavy (non-hydrogen) atoms. The highest BCUT2D eigenvalue weighted by Crippen LogP contribution is 2.35. The maximum atomic E-state index is 12.8. The number of nitrogens with one attached hydrogen (secondary N) is 1. The van der Waals surface area contributed by atoms with Gasteiger partial charge >= 0.3 is 0 Å². The molecule has 0 aliphatic carbocycles. The molecular weight excluding hydrogens is 400 g/mol. The van der Waals surface area contributed by atoms with Gasteiger partial charge in [0.2, 0.25) is 15.9 Å². The number of thioether (sulfide) groups is 1. The van der Waals surface area contributed by atoms with Crippen molar-refractivity contribution in [1.82, 2.24) is 0 Å². The summed E-state index contributed by atoms with van der Waals surface area (Å²) in [6.45, 7) is 2.37. The van der Waals surface area contributed by atoms with Crippen LogP contribution >= 0.6 is 11.8 Å². The summed E-state index contributed by atoms with van der Waals surface area (Å²) in [7, 11) is -3.72. The van der Waals surface area contributed by atoms with E-state index >= 15 is 0 Å². The SMILES string of the molecule is CSc1cccc(NC(=O)C(C)N(c2ccc3c(c2)OCCO3)S(C)(=O)=O)c1. The Morgan fingerprint density at radius 3 is 2.54 bits per heavy atom. The van der Waals surface area contributed by atoms with Gasteiger partial charge in [-0.2, -0.15) is 0 Å². The third kappa shape index (κ3) is 4.53. The Morgan fingerprint density at radius 1 is 1.14 bits per heavy atom. The molecule has 1 heterocycles. The van der Waals surface area contributed by atoms with Crippen LogP contribution < -0.4 is 19.1 Å². The van der Waals surface area contributed by atoms with Gasteiger partial charge in [-0.25, -0.2) is 8.42 Å². The van der Waals surface area contributed by atoms with Crippen LogP contribution in [0.15, 0.2) is 47.4 Å². The first-order valence-electron chi connectivity index (χ1n) is 8.63.